The largest absolute Gasteiger partial charge is 0.354 e. The molecule has 2 atom stereocenters. The molecular weight excluding hydrogens is 285 g/mol. The topological polar surface area (TPSA) is 65.1 Å². The Kier molecular flexibility index (Phi) is 3.06. The van der Waals surface area contributed by atoms with Crippen LogP contribution in [-0.4, -0.2) is 41.4 Å². The maximum absolute atomic E-state index is 13.8. The van der Waals surface area contributed by atoms with E-state index in [1.54, 1.807) is 18.3 Å². The summed E-state index contributed by atoms with van der Waals surface area (Å²) in [5, 5.41) is 6.55. The average Bonchev–Trinajstić information content (AvgIpc) is 3.07. The van der Waals surface area contributed by atoms with Crippen LogP contribution in [0.15, 0.2) is 35.3 Å². The second-order valence-electron chi connectivity index (χ2n) is 5.92. The zero-order chi connectivity index (χ0) is 15.1. The molecule has 4 heterocycles. The van der Waals surface area contributed by atoms with Gasteiger partial charge < -0.3 is 9.80 Å². The van der Waals surface area contributed by atoms with Gasteiger partial charge in [-0.1, -0.05) is 0 Å². The SMILES string of the molecule is O=c1ccc(N2CC3CN(c4ncccc4F)CC3C2)n[nH]1. The predicted octanol–water partition coefficient (Wildman–Crippen LogP) is 0.877. The van der Waals surface area contributed by atoms with Gasteiger partial charge in [0.1, 0.15) is 5.82 Å². The van der Waals surface area contributed by atoms with E-state index in [4.69, 9.17) is 0 Å². The van der Waals surface area contributed by atoms with E-state index < -0.39 is 0 Å². The lowest BCUT2D eigenvalue weighted by molar-refractivity contribution is 0.533. The number of nitrogens with one attached hydrogen (secondary N) is 1. The average molecular weight is 301 g/mol. The molecule has 0 bridgehead atoms. The van der Waals surface area contributed by atoms with Crippen LogP contribution in [-0.2, 0) is 0 Å². The third kappa shape index (κ3) is 2.22. The number of hydrogen-bond acceptors (Lipinski definition) is 5. The highest BCUT2D eigenvalue weighted by atomic mass is 19.1. The number of nitrogens with zero attached hydrogens (tertiary/aromatic N) is 4. The number of aromatic nitrogens is 3. The summed E-state index contributed by atoms with van der Waals surface area (Å²) in [6, 6.07) is 6.30. The molecule has 22 heavy (non-hydrogen) atoms. The molecule has 0 amide bonds. The molecule has 7 heteroatoms. The third-order valence-corrected chi connectivity index (χ3v) is 4.51. The van der Waals surface area contributed by atoms with Crippen molar-refractivity contribution in [3.8, 4) is 0 Å². The van der Waals surface area contributed by atoms with Crippen LogP contribution in [0.4, 0.5) is 16.0 Å². The minimum Gasteiger partial charge on any atom is -0.354 e. The summed E-state index contributed by atoms with van der Waals surface area (Å²) >= 11 is 0. The number of aromatic amines is 1. The van der Waals surface area contributed by atoms with Crippen molar-refractivity contribution in [2.75, 3.05) is 36.0 Å². The number of halogens is 1. The van der Waals surface area contributed by atoms with Crippen LogP contribution in [0.5, 0.6) is 0 Å². The fourth-order valence-electron chi connectivity index (χ4n) is 3.48. The van der Waals surface area contributed by atoms with Gasteiger partial charge in [0.05, 0.1) is 0 Å². The van der Waals surface area contributed by atoms with Crippen molar-refractivity contribution >= 4 is 11.6 Å². The Morgan fingerprint density at radius 3 is 2.45 bits per heavy atom. The molecule has 2 aliphatic heterocycles. The molecule has 6 nitrogen and oxygen atoms in total. The summed E-state index contributed by atoms with van der Waals surface area (Å²) in [6.07, 6.45) is 1.63. The van der Waals surface area contributed by atoms with Crippen molar-refractivity contribution in [3.05, 3.63) is 46.6 Å². The van der Waals surface area contributed by atoms with Crippen LogP contribution in [0.25, 0.3) is 0 Å². The molecule has 2 aromatic heterocycles. The lowest BCUT2D eigenvalue weighted by Gasteiger charge is -2.22. The number of H-pyrrole nitrogens is 1. The monoisotopic (exact) mass is 301 g/mol. The summed E-state index contributed by atoms with van der Waals surface area (Å²) in [7, 11) is 0. The smallest absolute Gasteiger partial charge is 0.264 e. The number of anilines is 2. The first-order valence-electron chi connectivity index (χ1n) is 7.37. The van der Waals surface area contributed by atoms with Crippen LogP contribution in [0.3, 0.4) is 0 Å². The summed E-state index contributed by atoms with van der Waals surface area (Å²) in [6.45, 7) is 3.35. The summed E-state index contributed by atoms with van der Waals surface area (Å²) in [5.74, 6) is 1.92. The molecule has 1 N–H and O–H groups in total. The van der Waals surface area contributed by atoms with E-state index in [0.29, 0.717) is 17.7 Å². The van der Waals surface area contributed by atoms with Crippen LogP contribution in [0, 0.1) is 17.7 Å². The van der Waals surface area contributed by atoms with E-state index >= 15 is 0 Å². The van der Waals surface area contributed by atoms with Crippen LogP contribution in [0.2, 0.25) is 0 Å². The lowest BCUT2D eigenvalue weighted by Crippen LogP contribution is -2.30. The highest BCUT2D eigenvalue weighted by molar-refractivity contribution is 5.44. The Bertz CT molecular complexity index is 714. The molecule has 0 saturated carbocycles. The number of rotatable bonds is 2. The fraction of sp³-hybridized carbons (Fsp3) is 0.400. The van der Waals surface area contributed by atoms with E-state index in [9.17, 15) is 9.18 Å². The molecular formula is C15H16FN5O. The van der Waals surface area contributed by atoms with Gasteiger partial charge in [0.15, 0.2) is 11.6 Å². The van der Waals surface area contributed by atoms with Gasteiger partial charge in [0, 0.05) is 50.3 Å². The molecule has 2 fully saturated rings. The highest BCUT2D eigenvalue weighted by Gasteiger charge is 2.41. The molecule has 2 unspecified atom stereocenters. The Morgan fingerprint density at radius 1 is 1.09 bits per heavy atom. The standard InChI is InChI=1S/C15H16FN5O/c16-12-2-1-5-17-15(12)21-8-10-6-20(7-11(10)9-21)13-3-4-14(22)19-18-13/h1-5,10-11H,6-9H2,(H,19,22). The second-order valence-corrected chi connectivity index (χ2v) is 5.92. The molecule has 0 spiro atoms. The van der Waals surface area contributed by atoms with E-state index in [2.05, 4.69) is 20.1 Å². The Hall–Kier alpha value is -2.44. The normalized spacial score (nSPS) is 23.9. The Labute approximate surface area is 126 Å². The summed E-state index contributed by atoms with van der Waals surface area (Å²) in [5.41, 5.74) is -0.194. The van der Waals surface area contributed by atoms with Gasteiger partial charge >= 0.3 is 0 Å². The first-order valence-corrected chi connectivity index (χ1v) is 7.37. The van der Waals surface area contributed by atoms with Crippen molar-refractivity contribution in [1.82, 2.24) is 15.2 Å². The van der Waals surface area contributed by atoms with Gasteiger partial charge in [-0.2, -0.15) is 5.10 Å². The van der Waals surface area contributed by atoms with E-state index in [0.717, 1.165) is 32.0 Å². The van der Waals surface area contributed by atoms with Crippen molar-refractivity contribution in [2.24, 2.45) is 11.8 Å². The quantitative estimate of drug-likeness (QED) is 0.892. The van der Waals surface area contributed by atoms with Gasteiger partial charge in [-0.05, 0) is 18.2 Å². The third-order valence-electron chi connectivity index (χ3n) is 4.51. The van der Waals surface area contributed by atoms with Gasteiger partial charge in [-0.25, -0.2) is 14.5 Å². The Balaban J connectivity index is 1.47. The van der Waals surface area contributed by atoms with E-state index in [1.165, 1.54) is 12.1 Å². The maximum Gasteiger partial charge on any atom is 0.264 e. The lowest BCUT2D eigenvalue weighted by atomic mass is 10.0. The molecule has 0 aromatic carbocycles. The van der Waals surface area contributed by atoms with Gasteiger partial charge in [-0.3, -0.25) is 4.79 Å². The number of hydrogen-bond donors (Lipinski definition) is 1. The molecule has 2 aromatic rings. The predicted molar refractivity (Wildman–Crippen MR) is 80.5 cm³/mol. The zero-order valence-electron chi connectivity index (χ0n) is 11.9. The Morgan fingerprint density at radius 2 is 1.82 bits per heavy atom. The van der Waals surface area contributed by atoms with Gasteiger partial charge in [0.2, 0.25) is 0 Å². The fourth-order valence-corrected chi connectivity index (χ4v) is 3.48. The minimum absolute atomic E-state index is 0.194. The van der Waals surface area contributed by atoms with Gasteiger partial charge in [0.25, 0.3) is 5.56 Å². The van der Waals surface area contributed by atoms with Crippen molar-refractivity contribution < 1.29 is 4.39 Å². The van der Waals surface area contributed by atoms with Crippen molar-refractivity contribution in [1.29, 1.82) is 0 Å². The van der Waals surface area contributed by atoms with Gasteiger partial charge in [-0.15, -0.1) is 0 Å². The second kappa shape index (κ2) is 5.08. The number of fused-ring (bicyclic) bond motifs is 1. The molecule has 2 saturated heterocycles. The highest BCUT2D eigenvalue weighted by Crippen LogP contribution is 2.35. The summed E-state index contributed by atoms with van der Waals surface area (Å²) < 4.78 is 13.8. The van der Waals surface area contributed by atoms with Crippen LogP contribution in [0.1, 0.15) is 0 Å². The number of pyridine rings is 1. The van der Waals surface area contributed by atoms with E-state index in [-0.39, 0.29) is 11.4 Å². The first kappa shape index (κ1) is 13.2. The summed E-state index contributed by atoms with van der Waals surface area (Å²) in [4.78, 5) is 19.4. The van der Waals surface area contributed by atoms with Crippen LogP contribution < -0.4 is 15.4 Å². The molecule has 0 aliphatic carbocycles. The first-order chi connectivity index (χ1) is 10.7. The van der Waals surface area contributed by atoms with Crippen LogP contribution >= 0.6 is 0 Å². The molecule has 0 radical (unpaired) electrons. The molecule has 4 rings (SSSR count). The van der Waals surface area contributed by atoms with Crippen molar-refractivity contribution in [3.63, 3.8) is 0 Å². The van der Waals surface area contributed by atoms with Crippen molar-refractivity contribution in [2.45, 2.75) is 0 Å². The molecule has 114 valence electrons. The van der Waals surface area contributed by atoms with E-state index in [1.807, 2.05) is 4.90 Å². The molecule has 2 aliphatic rings. The minimum atomic E-state index is -0.262. The maximum atomic E-state index is 13.8. The zero-order valence-corrected chi connectivity index (χ0v) is 11.9.